The van der Waals surface area contributed by atoms with Crippen molar-refractivity contribution in [3.05, 3.63) is 62.4 Å². The largest absolute Gasteiger partial charge is 0.352 e. The zero-order chi connectivity index (χ0) is 14.4. The van der Waals surface area contributed by atoms with Crippen LogP contribution in [-0.4, -0.2) is 21.1 Å². The summed E-state index contributed by atoms with van der Waals surface area (Å²) in [6.07, 6.45) is 0.307. The third-order valence-corrected chi connectivity index (χ3v) is 2.70. The molecule has 0 radical (unpaired) electrons. The van der Waals surface area contributed by atoms with Crippen molar-refractivity contribution in [3.63, 3.8) is 0 Å². The SMILES string of the molecule is O=C(CCc1n[nH]c(=O)[nH]c1=O)NCc1ccccc1. The maximum absolute atomic E-state index is 11.6. The molecule has 104 valence electrons. The summed E-state index contributed by atoms with van der Waals surface area (Å²) in [6, 6.07) is 9.51. The molecule has 3 N–H and O–H groups in total. The van der Waals surface area contributed by atoms with Crippen molar-refractivity contribution in [2.24, 2.45) is 0 Å². The van der Waals surface area contributed by atoms with Crippen LogP contribution < -0.4 is 16.6 Å². The second-order valence-corrected chi connectivity index (χ2v) is 4.22. The van der Waals surface area contributed by atoms with Gasteiger partial charge in [-0.1, -0.05) is 30.3 Å². The molecule has 0 saturated heterocycles. The van der Waals surface area contributed by atoms with Crippen molar-refractivity contribution >= 4 is 5.91 Å². The lowest BCUT2D eigenvalue weighted by atomic mass is 10.2. The standard InChI is InChI=1S/C13H14N4O3/c18-11(14-8-9-4-2-1-3-5-9)7-6-10-12(19)15-13(20)17-16-10/h1-5H,6-8H2,(H,14,18)(H2,15,17,19,20). The Morgan fingerprint density at radius 1 is 1.20 bits per heavy atom. The van der Waals surface area contributed by atoms with Gasteiger partial charge in [0.2, 0.25) is 5.91 Å². The van der Waals surface area contributed by atoms with Gasteiger partial charge in [0.1, 0.15) is 5.69 Å². The number of carbonyl (C=O) groups excluding carboxylic acids is 1. The van der Waals surface area contributed by atoms with E-state index in [1.807, 2.05) is 30.3 Å². The first-order valence-corrected chi connectivity index (χ1v) is 6.13. The van der Waals surface area contributed by atoms with Gasteiger partial charge in [-0.15, -0.1) is 0 Å². The van der Waals surface area contributed by atoms with E-state index in [9.17, 15) is 14.4 Å². The number of benzene rings is 1. The number of hydrogen-bond acceptors (Lipinski definition) is 4. The van der Waals surface area contributed by atoms with E-state index in [4.69, 9.17) is 0 Å². The van der Waals surface area contributed by atoms with Crippen LogP contribution in [0.4, 0.5) is 0 Å². The molecule has 1 heterocycles. The minimum atomic E-state index is -0.660. The van der Waals surface area contributed by atoms with Crippen molar-refractivity contribution < 1.29 is 4.79 Å². The molecule has 20 heavy (non-hydrogen) atoms. The fourth-order valence-corrected chi connectivity index (χ4v) is 1.66. The van der Waals surface area contributed by atoms with E-state index in [0.29, 0.717) is 6.54 Å². The van der Waals surface area contributed by atoms with Crippen LogP contribution in [0.3, 0.4) is 0 Å². The van der Waals surface area contributed by atoms with E-state index in [1.165, 1.54) is 0 Å². The molecule has 0 spiro atoms. The van der Waals surface area contributed by atoms with Gasteiger partial charge in [0, 0.05) is 19.4 Å². The Bertz CT molecular complexity index is 691. The highest BCUT2D eigenvalue weighted by Gasteiger charge is 2.06. The highest BCUT2D eigenvalue weighted by Crippen LogP contribution is 1.98. The summed E-state index contributed by atoms with van der Waals surface area (Å²) in [5, 5.41) is 8.49. The van der Waals surface area contributed by atoms with Gasteiger partial charge >= 0.3 is 5.69 Å². The Kier molecular flexibility index (Phi) is 4.43. The Balaban J connectivity index is 1.83. The monoisotopic (exact) mass is 274 g/mol. The van der Waals surface area contributed by atoms with Crippen LogP contribution in [0.1, 0.15) is 17.7 Å². The fraction of sp³-hybridized carbons (Fsp3) is 0.231. The molecule has 2 rings (SSSR count). The number of H-pyrrole nitrogens is 2. The number of nitrogens with one attached hydrogen (secondary N) is 3. The number of nitrogens with zero attached hydrogens (tertiary/aromatic N) is 1. The summed E-state index contributed by atoms with van der Waals surface area (Å²) in [5.74, 6) is -0.179. The quantitative estimate of drug-likeness (QED) is 0.696. The lowest BCUT2D eigenvalue weighted by Crippen LogP contribution is -2.29. The molecule has 0 aliphatic carbocycles. The Labute approximate surface area is 114 Å². The van der Waals surface area contributed by atoms with Crippen LogP contribution >= 0.6 is 0 Å². The fourth-order valence-electron chi connectivity index (χ4n) is 1.66. The second kappa shape index (κ2) is 6.46. The highest BCUT2D eigenvalue weighted by molar-refractivity contribution is 5.76. The number of aryl methyl sites for hydroxylation is 1. The summed E-state index contributed by atoms with van der Waals surface area (Å²) >= 11 is 0. The lowest BCUT2D eigenvalue weighted by molar-refractivity contribution is -0.121. The lowest BCUT2D eigenvalue weighted by Gasteiger charge is -2.04. The molecule has 2 aromatic rings. The van der Waals surface area contributed by atoms with Crippen LogP contribution in [0.2, 0.25) is 0 Å². The second-order valence-electron chi connectivity index (χ2n) is 4.22. The molecule has 0 saturated carbocycles. The molecule has 0 bridgehead atoms. The van der Waals surface area contributed by atoms with Gasteiger partial charge in [-0.25, -0.2) is 9.89 Å². The molecular formula is C13H14N4O3. The third kappa shape index (κ3) is 3.91. The maximum Gasteiger partial charge on any atom is 0.342 e. The normalized spacial score (nSPS) is 10.2. The third-order valence-electron chi connectivity index (χ3n) is 2.70. The van der Waals surface area contributed by atoms with Crippen molar-refractivity contribution in [2.75, 3.05) is 0 Å². The van der Waals surface area contributed by atoms with Crippen LogP contribution in [0.5, 0.6) is 0 Å². The summed E-state index contributed by atoms with van der Waals surface area (Å²) in [4.78, 5) is 35.9. The topological polar surface area (TPSA) is 108 Å². The summed E-state index contributed by atoms with van der Waals surface area (Å²) in [6.45, 7) is 0.440. The van der Waals surface area contributed by atoms with Crippen molar-refractivity contribution in [2.45, 2.75) is 19.4 Å². The van der Waals surface area contributed by atoms with E-state index in [-0.39, 0.29) is 24.4 Å². The zero-order valence-corrected chi connectivity index (χ0v) is 10.7. The smallest absolute Gasteiger partial charge is 0.342 e. The van der Waals surface area contributed by atoms with Crippen LogP contribution in [0.15, 0.2) is 39.9 Å². The Morgan fingerprint density at radius 3 is 2.65 bits per heavy atom. The van der Waals surface area contributed by atoms with Gasteiger partial charge in [-0.2, -0.15) is 5.10 Å². The van der Waals surface area contributed by atoms with Crippen molar-refractivity contribution in [1.29, 1.82) is 0 Å². The number of aromatic nitrogens is 3. The van der Waals surface area contributed by atoms with Gasteiger partial charge < -0.3 is 5.32 Å². The molecule has 0 unspecified atom stereocenters. The molecule has 0 aliphatic heterocycles. The summed E-state index contributed by atoms with van der Waals surface area (Å²) in [5.41, 5.74) is -0.0859. The predicted molar refractivity (Wildman–Crippen MR) is 72.1 cm³/mol. The first-order chi connectivity index (χ1) is 9.65. The Morgan fingerprint density at radius 2 is 1.95 bits per heavy atom. The molecule has 0 fully saturated rings. The average molecular weight is 274 g/mol. The van der Waals surface area contributed by atoms with E-state index >= 15 is 0 Å². The number of aromatic amines is 2. The molecular weight excluding hydrogens is 260 g/mol. The summed E-state index contributed by atoms with van der Waals surface area (Å²) < 4.78 is 0. The molecule has 1 aromatic heterocycles. The molecule has 1 aromatic carbocycles. The molecule has 7 heteroatoms. The number of amides is 1. The number of carbonyl (C=O) groups is 1. The van der Waals surface area contributed by atoms with Gasteiger partial charge in [-0.05, 0) is 5.56 Å². The average Bonchev–Trinajstić information content (AvgIpc) is 2.45. The number of hydrogen-bond donors (Lipinski definition) is 3. The van der Waals surface area contributed by atoms with Gasteiger partial charge in [0.05, 0.1) is 0 Å². The molecule has 1 amide bonds. The summed E-state index contributed by atoms with van der Waals surface area (Å²) in [7, 11) is 0. The zero-order valence-electron chi connectivity index (χ0n) is 10.7. The van der Waals surface area contributed by atoms with E-state index in [0.717, 1.165) is 5.56 Å². The molecule has 7 nitrogen and oxygen atoms in total. The van der Waals surface area contributed by atoms with Crippen LogP contribution in [0.25, 0.3) is 0 Å². The number of rotatable bonds is 5. The highest BCUT2D eigenvalue weighted by atomic mass is 16.2. The van der Waals surface area contributed by atoms with Gasteiger partial charge in [-0.3, -0.25) is 14.6 Å². The van der Waals surface area contributed by atoms with E-state index in [1.54, 1.807) is 0 Å². The minimum Gasteiger partial charge on any atom is -0.352 e. The van der Waals surface area contributed by atoms with Crippen molar-refractivity contribution in [3.8, 4) is 0 Å². The molecule has 0 atom stereocenters. The Hall–Kier alpha value is -2.70. The van der Waals surface area contributed by atoms with E-state index in [2.05, 4.69) is 20.5 Å². The van der Waals surface area contributed by atoms with Crippen LogP contribution in [0, 0.1) is 0 Å². The van der Waals surface area contributed by atoms with Crippen LogP contribution in [-0.2, 0) is 17.8 Å². The minimum absolute atomic E-state index is 0.134. The molecule has 0 aliphatic rings. The van der Waals surface area contributed by atoms with E-state index < -0.39 is 11.2 Å². The van der Waals surface area contributed by atoms with Gasteiger partial charge in [0.15, 0.2) is 0 Å². The van der Waals surface area contributed by atoms with Gasteiger partial charge in [0.25, 0.3) is 5.56 Å². The van der Waals surface area contributed by atoms with Crippen molar-refractivity contribution in [1.82, 2.24) is 20.5 Å². The first-order valence-electron chi connectivity index (χ1n) is 6.13. The maximum atomic E-state index is 11.6. The first kappa shape index (κ1) is 13.7. The predicted octanol–water partition coefficient (Wildman–Crippen LogP) is -0.293.